The maximum atomic E-state index is 11.4. The van der Waals surface area contributed by atoms with E-state index < -0.39 is 5.97 Å². The maximum absolute atomic E-state index is 11.4. The molecule has 0 N–H and O–H groups in total. The molecule has 0 aliphatic rings. The third-order valence-corrected chi connectivity index (χ3v) is 4.10. The molecule has 3 rings (SSSR count). The molecule has 2 aromatic carbocycles. The van der Waals surface area contributed by atoms with Crippen LogP contribution in [0.2, 0.25) is 5.02 Å². The molecule has 0 fully saturated rings. The number of carboxylic acids is 1. The van der Waals surface area contributed by atoms with E-state index in [-0.39, 0.29) is 35.1 Å². The van der Waals surface area contributed by atoms with Gasteiger partial charge in [-0.15, -0.1) is 0 Å². The molecule has 0 radical (unpaired) electrons. The molecule has 0 amide bonds. The van der Waals surface area contributed by atoms with E-state index in [1.54, 1.807) is 18.2 Å². The van der Waals surface area contributed by atoms with Gasteiger partial charge in [0.1, 0.15) is 0 Å². The van der Waals surface area contributed by atoms with Gasteiger partial charge >= 0.3 is 29.6 Å². The first-order valence-electron chi connectivity index (χ1n) is 7.57. The van der Waals surface area contributed by atoms with Crippen LogP contribution in [0.1, 0.15) is 29.8 Å². The summed E-state index contributed by atoms with van der Waals surface area (Å²) in [4.78, 5) is 11.4. The molecule has 0 saturated heterocycles. The van der Waals surface area contributed by atoms with Crippen LogP contribution in [0.25, 0.3) is 16.6 Å². The van der Waals surface area contributed by atoms with Crippen LogP contribution in [0, 0.1) is 5.92 Å². The van der Waals surface area contributed by atoms with Crippen LogP contribution in [-0.2, 0) is 6.42 Å². The van der Waals surface area contributed by atoms with Crippen molar-refractivity contribution in [1.82, 2.24) is 4.57 Å². The second-order valence-electron chi connectivity index (χ2n) is 6.09. The van der Waals surface area contributed by atoms with Crippen molar-refractivity contribution in [2.75, 3.05) is 0 Å². The normalized spacial score (nSPS) is 10.8. The monoisotopic (exact) mass is 349 g/mol. The molecular weight excluding hydrogens is 333 g/mol. The van der Waals surface area contributed by atoms with Crippen molar-refractivity contribution in [2.24, 2.45) is 5.92 Å². The third-order valence-electron chi connectivity index (χ3n) is 3.86. The largest absolute Gasteiger partial charge is 1.00 e. The van der Waals surface area contributed by atoms with E-state index in [1.165, 1.54) is 5.56 Å². The Balaban J connectivity index is 0.00000208. The van der Waals surface area contributed by atoms with Gasteiger partial charge in [-0.1, -0.05) is 49.7 Å². The fraction of sp³-hybridized carbons (Fsp3) is 0.211. The second kappa shape index (κ2) is 7.75. The summed E-state index contributed by atoms with van der Waals surface area (Å²) in [5.41, 5.74) is 2.84. The molecule has 1 heterocycles. The topological polar surface area (TPSA) is 45.1 Å². The van der Waals surface area contributed by atoms with Gasteiger partial charge in [0, 0.05) is 22.2 Å². The molecule has 118 valence electrons. The number of hydrogen-bond acceptors (Lipinski definition) is 2. The number of carboxylic acid groups (broad SMARTS) is 1. The summed E-state index contributed by atoms with van der Waals surface area (Å²) < 4.78 is 1.89. The summed E-state index contributed by atoms with van der Waals surface area (Å²) in [6, 6.07) is 12.6. The molecule has 0 atom stereocenters. The number of halogens is 1. The molecule has 0 aliphatic heterocycles. The average Bonchev–Trinajstić information content (AvgIpc) is 2.84. The molecule has 0 spiro atoms. The Morgan fingerprint density at radius 3 is 2.58 bits per heavy atom. The first-order valence-corrected chi connectivity index (χ1v) is 7.95. The van der Waals surface area contributed by atoms with E-state index in [2.05, 4.69) is 13.8 Å². The number of nitrogens with zero attached hydrogens (tertiary/aromatic N) is 1. The quantitative estimate of drug-likeness (QED) is 0.656. The van der Waals surface area contributed by atoms with Gasteiger partial charge in [0.25, 0.3) is 0 Å². The molecule has 3 aromatic rings. The van der Waals surface area contributed by atoms with E-state index in [0.29, 0.717) is 16.6 Å². The van der Waals surface area contributed by atoms with Crippen molar-refractivity contribution >= 4 is 28.5 Å². The number of carbonyl (C=O) groups excluding carboxylic acids is 1. The first-order chi connectivity index (χ1) is 11.0. The van der Waals surface area contributed by atoms with Crippen molar-refractivity contribution in [2.45, 2.75) is 20.3 Å². The average molecular weight is 350 g/mol. The van der Waals surface area contributed by atoms with E-state index >= 15 is 0 Å². The minimum absolute atomic E-state index is 0. The molecule has 3 nitrogen and oxygen atoms in total. The predicted molar refractivity (Wildman–Crippen MR) is 91.2 cm³/mol. The van der Waals surface area contributed by atoms with E-state index in [1.807, 2.05) is 35.0 Å². The standard InChI is InChI=1S/C19H18ClNO2.Na/c1-12(2)9-13-11-21(18-10-14(20)7-8-15(13)18)17-6-4-3-5-16(17)19(22)23;/h3-8,10-12H,9H2,1-2H3,(H,22,23);/q;+1/p-1. The van der Waals surface area contributed by atoms with Gasteiger partial charge in [0.15, 0.2) is 0 Å². The van der Waals surface area contributed by atoms with Crippen molar-refractivity contribution in [3.63, 3.8) is 0 Å². The van der Waals surface area contributed by atoms with Crippen molar-refractivity contribution in [3.8, 4) is 5.69 Å². The summed E-state index contributed by atoms with van der Waals surface area (Å²) >= 11 is 6.15. The Kier molecular flexibility index (Phi) is 6.16. The number of aromatic nitrogens is 1. The number of fused-ring (bicyclic) bond motifs is 1. The smallest absolute Gasteiger partial charge is 0.545 e. The minimum Gasteiger partial charge on any atom is -0.545 e. The van der Waals surface area contributed by atoms with Gasteiger partial charge in [-0.25, -0.2) is 0 Å². The Morgan fingerprint density at radius 2 is 1.92 bits per heavy atom. The molecule has 0 aliphatic carbocycles. The van der Waals surface area contributed by atoms with Crippen LogP contribution in [0.15, 0.2) is 48.7 Å². The number of para-hydroxylation sites is 1. The minimum atomic E-state index is -1.19. The zero-order chi connectivity index (χ0) is 16.6. The summed E-state index contributed by atoms with van der Waals surface area (Å²) in [5, 5.41) is 13.1. The zero-order valence-corrected chi connectivity index (χ0v) is 16.8. The molecule has 0 saturated carbocycles. The third kappa shape index (κ3) is 3.70. The molecule has 0 unspecified atom stereocenters. The van der Waals surface area contributed by atoms with Crippen molar-refractivity contribution in [3.05, 3.63) is 64.8 Å². The van der Waals surface area contributed by atoms with Gasteiger partial charge in [-0.3, -0.25) is 0 Å². The molecule has 1 aromatic heterocycles. The number of aromatic carboxylic acids is 1. The Bertz CT molecular complexity index is 886. The van der Waals surface area contributed by atoms with Crippen molar-refractivity contribution < 1.29 is 39.5 Å². The predicted octanol–water partition coefficient (Wildman–Crippen LogP) is 0.850. The molecule has 5 heteroatoms. The molecule has 0 bridgehead atoms. The summed E-state index contributed by atoms with van der Waals surface area (Å²) in [7, 11) is 0. The first kappa shape index (κ1) is 19.1. The van der Waals surface area contributed by atoms with Gasteiger partial charge in [0.2, 0.25) is 0 Å². The van der Waals surface area contributed by atoms with Gasteiger partial charge < -0.3 is 14.5 Å². The Labute approximate surface area is 168 Å². The van der Waals surface area contributed by atoms with E-state index in [9.17, 15) is 9.90 Å². The van der Waals surface area contributed by atoms with Crippen LogP contribution in [0.3, 0.4) is 0 Å². The van der Waals surface area contributed by atoms with Gasteiger partial charge in [-0.2, -0.15) is 0 Å². The number of hydrogen-bond donors (Lipinski definition) is 0. The van der Waals surface area contributed by atoms with Crippen LogP contribution >= 0.6 is 11.6 Å². The SMILES string of the molecule is CC(C)Cc1cn(-c2ccccc2C(=O)[O-])c2cc(Cl)ccc12.[Na+]. The fourth-order valence-corrected chi connectivity index (χ4v) is 3.10. The number of carbonyl (C=O) groups is 1. The number of rotatable bonds is 4. The molecule has 24 heavy (non-hydrogen) atoms. The zero-order valence-electron chi connectivity index (χ0n) is 14.0. The summed E-state index contributed by atoms with van der Waals surface area (Å²) in [6.07, 6.45) is 2.92. The van der Waals surface area contributed by atoms with E-state index in [4.69, 9.17) is 11.6 Å². The van der Waals surface area contributed by atoms with E-state index in [0.717, 1.165) is 17.3 Å². The van der Waals surface area contributed by atoms with Crippen LogP contribution < -0.4 is 34.7 Å². The van der Waals surface area contributed by atoms with Crippen LogP contribution in [0.5, 0.6) is 0 Å². The van der Waals surface area contributed by atoms with Crippen molar-refractivity contribution in [1.29, 1.82) is 0 Å². The summed E-state index contributed by atoms with van der Waals surface area (Å²) in [6.45, 7) is 4.32. The van der Waals surface area contributed by atoms with Crippen LogP contribution in [0.4, 0.5) is 0 Å². The number of benzene rings is 2. The fourth-order valence-electron chi connectivity index (χ4n) is 2.93. The van der Waals surface area contributed by atoms with Crippen LogP contribution in [-0.4, -0.2) is 10.5 Å². The second-order valence-corrected chi connectivity index (χ2v) is 6.52. The Hall–Kier alpha value is -1.26. The van der Waals surface area contributed by atoms with Gasteiger partial charge in [-0.05, 0) is 36.1 Å². The Morgan fingerprint density at radius 1 is 1.21 bits per heavy atom. The maximum Gasteiger partial charge on any atom is 1.00 e. The molecular formula is C19H17ClNNaO2. The van der Waals surface area contributed by atoms with Gasteiger partial charge in [0.05, 0.1) is 17.2 Å². The summed E-state index contributed by atoms with van der Waals surface area (Å²) in [5.74, 6) is -0.684.